The van der Waals surface area contributed by atoms with Crippen LogP contribution in [0.25, 0.3) is 10.2 Å². The summed E-state index contributed by atoms with van der Waals surface area (Å²) in [4.78, 5) is 25.6. The maximum atomic E-state index is 11.8. The Labute approximate surface area is 133 Å². The quantitative estimate of drug-likeness (QED) is 0.914. The summed E-state index contributed by atoms with van der Waals surface area (Å²) in [6.07, 6.45) is 2.04. The Morgan fingerprint density at radius 2 is 2.05 bits per heavy atom. The van der Waals surface area contributed by atoms with E-state index in [9.17, 15) is 4.79 Å². The molecule has 0 spiro atoms. The van der Waals surface area contributed by atoms with Gasteiger partial charge in [-0.2, -0.15) is 0 Å². The van der Waals surface area contributed by atoms with Gasteiger partial charge in [-0.3, -0.25) is 4.79 Å². The van der Waals surface area contributed by atoms with E-state index in [1.807, 2.05) is 10.3 Å². The van der Waals surface area contributed by atoms with Gasteiger partial charge in [-0.05, 0) is 11.4 Å². The average molecular weight is 328 g/mol. The van der Waals surface area contributed by atoms with Crippen molar-refractivity contribution in [3.63, 3.8) is 0 Å². The van der Waals surface area contributed by atoms with Crippen molar-refractivity contribution in [2.24, 2.45) is 5.73 Å². The van der Waals surface area contributed by atoms with Crippen molar-refractivity contribution in [2.45, 2.75) is 6.42 Å². The van der Waals surface area contributed by atoms with Gasteiger partial charge in [-0.25, -0.2) is 9.97 Å². The normalized spacial score (nSPS) is 15.1. The van der Waals surface area contributed by atoms with E-state index in [4.69, 9.17) is 5.73 Å². The van der Waals surface area contributed by atoms with Crippen molar-refractivity contribution in [2.75, 3.05) is 37.6 Å². The molecule has 0 unspecified atom stereocenters. The second-order valence-corrected chi connectivity index (χ2v) is 5.64. The maximum absolute atomic E-state index is 11.8. The highest BCUT2D eigenvalue weighted by Gasteiger charge is 2.22. The third kappa shape index (κ3) is 3.25. The average Bonchev–Trinajstić information content (AvgIpc) is 2.96. The van der Waals surface area contributed by atoms with Crippen LogP contribution in [0.2, 0.25) is 0 Å². The summed E-state index contributed by atoms with van der Waals surface area (Å²) in [6.45, 7) is 3.49. The molecule has 21 heavy (non-hydrogen) atoms. The fourth-order valence-corrected chi connectivity index (χ4v) is 3.21. The second kappa shape index (κ2) is 7.02. The number of aromatic nitrogens is 2. The largest absolute Gasteiger partial charge is 0.352 e. The van der Waals surface area contributed by atoms with Crippen molar-refractivity contribution in [3.8, 4) is 0 Å². The van der Waals surface area contributed by atoms with E-state index in [1.165, 1.54) is 0 Å². The molecule has 2 aromatic rings. The molecular formula is C13H18ClN5OS. The van der Waals surface area contributed by atoms with Gasteiger partial charge >= 0.3 is 0 Å². The standard InChI is InChI=1S/C13H17N5OS.ClH/c14-3-1-11(19)17-4-6-18(7-5-17)12-10-2-8-20-13(10)16-9-15-12;/h2,8-9H,1,3-7,14H2;1H. The molecule has 0 aromatic carbocycles. The van der Waals surface area contributed by atoms with Crippen LogP contribution in [0.5, 0.6) is 0 Å². The van der Waals surface area contributed by atoms with Crippen molar-refractivity contribution in [1.29, 1.82) is 0 Å². The smallest absolute Gasteiger partial charge is 0.223 e. The van der Waals surface area contributed by atoms with E-state index >= 15 is 0 Å². The van der Waals surface area contributed by atoms with Crippen LogP contribution in [0.15, 0.2) is 17.8 Å². The summed E-state index contributed by atoms with van der Waals surface area (Å²) < 4.78 is 0. The molecular weight excluding hydrogens is 310 g/mol. The number of halogens is 1. The molecule has 0 radical (unpaired) electrons. The van der Waals surface area contributed by atoms with Crippen LogP contribution in [0, 0.1) is 0 Å². The summed E-state index contributed by atoms with van der Waals surface area (Å²) >= 11 is 1.62. The van der Waals surface area contributed by atoms with Crippen LogP contribution in [-0.2, 0) is 4.79 Å². The number of nitrogens with zero attached hydrogens (tertiary/aromatic N) is 4. The van der Waals surface area contributed by atoms with Crippen molar-refractivity contribution >= 4 is 45.7 Å². The molecule has 3 heterocycles. The molecule has 0 saturated carbocycles. The first-order valence-electron chi connectivity index (χ1n) is 6.70. The topological polar surface area (TPSA) is 75.4 Å². The zero-order valence-corrected chi connectivity index (χ0v) is 13.2. The van der Waals surface area contributed by atoms with Gasteiger partial charge in [-0.15, -0.1) is 23.7 Å². The molecule has 1 fully saturated rings. The van der Waals surface area contributed by atoms with Crippen molar-refractivity contribution < 1.29 is 4.79 Å². The number of rotatable bonds is 3. The predicted octanol–water partition coefficient (Wildman–Crippen LogP) is 1.11. The molecule has 1 saturated heterocycles. The summed E-state index contributed by atoms with van der Waals surface area (Å²) in [5.41, 5.74) is 5.43. The molecule has 6 nitrogen and oxygen atoms in total. The third-order valence-electron chi connectivity index (χ3n) is 3.53. The first kappa shape index (κ1) is 15.9. The highest BCUT2D eigenvalue weighted by atomic mass is 35.5. The van der Waals surface area contributed by atoms with Crippen molar-refractivity contribution in [3.05, 3.63) is 17.8 Å². The molecule has 0 bridgehead atoms. The molecule has 0 atom stereocenters. The lowest BCUT2D eigenvalue weighted by Gasteiger charge is -2.35. The Kier molecular flexibility index (Phi) is 5.33. The van der Waals surface area contributed by atoms with Gasteiger partial charge in [0.2, 0.25) is 5.91 Å². The van der Waals surface area contributed by atoms with E-state index in [0.29, 0.717) is 13.0 Å². The molecule has 0 aliphatic carbocycles. The number of hydrogen-bond donors (Lipinski definition) is 1. The van der Waals surface area contributed by atoms with Gasteiger partial charge < -0.3 is 15.5 Å². The summed E-state index contributed by atoms with van der Waals surface area (Å²) in [5, 5.41) is 3.13. The van der Waals surface area contributed by atoms with Crippen LogP contribution in [0.4, 0.5) is 5.82 Å². The third-order valence-corrected chi connectivity index (χ3v) is 4.35. The van der Waals surface area contributed by atoms with E-state index in [0.717, 1.165) is 42.2 Å². The zero-order valence-electron chi connectivity index (χ0n) is 11.6. The Hall–Kier alpha value is -1.44. The Balaban J connectivity index is 0.00000161. The van der Waals surface area contributed by atoms with Crippen LogP contribution in [-0.4, -0.2) is 53.5 Å². The number of piperazine rings is 1. The van der Waals surface area contributed by atoms with Crippen LogP contribution in [0.1, 0.15) is 6.42 Å². The zero-order chi connectivity index (χ0) is 13.9. The minimum Gasteiger partial charge on any atom is -0.352 e. The van der Waals surface area contributed by atoms with Gasteiger partial charge in [0, 0.05) is 39.1 Å². The molecule has 1 amide bonds. The highest BCUT2D eigenvalue weighted by molar-refractivity contribution is 7.16. The molecule has 2 aromatic heterocycles. The minimum absolute atomic E-state index is 0. The molecule has 3 rings (SSSR count). The molecule has 114 valence electrons. The SMILES string of the molecule is Cl.NCCC(=O)N1CCN(c2ncnc3sccc23)CC1. The molecule has 1 aliphatic rings. The van der Waals surface area contributed by atoms with E-state index in [2.05, 4.69) is 20.9 Å². The van der Waals surface area contributed by atoms with E-state index in [1.54, 1.807) is 17.7 Å². The number of thiophene rings is 1. The molecule has 8 heteroatoms. The Bertz CT molecular complexity index is 611. The van der Waals surface area contributed by atoms with Crippen LogP contribution in [0.3, 0.4) is 0 Å². The maximum Gasteiger partial charge on any atom is 0.223 e. The van der Waals surface area contributed by atoms with Crippen molar-refractivity contribution in [1.82, 2.24) is 14.9 Å². The molecule has 2 N–H and O–H groups in total. The predicted molar refractivity (Wildman–Crippen MR) is 87.1 cm³/mol. The summed E-state index contributed by atoms with van der Waals surface area (Å²) in [7, 11) is 0. The number of carbonyl (C=O) groups is 1. The van der Waals surface area contributed by atoms with Gasteiger partial charge in [0.25, 0.3) is 0 Å². The second-order valence-electron chi connectivity index (χ2n) is 4.74. The van der Waals surface area contributed by atoms with Crippen LogP contribution < -0.4 is 10.6 Å². The number of nitrogens with two attached hydrogens (primary N) is 1. The van der Waals surface area contributed by atoms with Gasteiger partial charge in [-0.1, -0.05) is 0 Å². The fraction of sp³-hybridized carbons (Fsp3) is 0.462. The summed E-state index contributed by atoms with van der Waals surface area (Å²) in [6, 6.07) is 2.06. The highest BCUT2D eigenvalue weighted by Crippen LogP contribution is 2.27. The lowest BCUT2D eigenvalue weighted by atomic mass is 10.2. The number of carbonyl (C=O) groups excluding carboxylic acids is 1. The number of hydrogen-bond acceptors (Lipinski definition) is 6. The Morgan fingerprint density at radius 1 is 1.29 bits per heavy atom. The van der Waals surface area contributed by atoms with Crippen LogP contribution >= 0.6 is 23.7 Å². The number of amides is 1. The first-order valence-corrected chi connectivity index (χ1v) is 7.58. The van der Waals surface area contributed by atoms with E-state index in [-0.39, 0.29) is 18.3 Å². The van der Waals surface area contributed by atoms with Gasteiger partial charge in [0.1, 0.15) is 17.0 Å². The van der Waals surface area contributed by atoms with E-state index < -0.39 is 0 Å². The minimum atomic E-state index is 0. The lowest BCUT2D eigenvalue weighted by molar-refractivity contribution is -0.131. The fourth-order valence-electron chi connectivity index (χ4n) is 2.48. The summed E-state index contributed by atoms with van der Waals surface area (Å²) in [5.74, 6) is 1.12. The molecule has 1 aliphatic heterocycles. The Morgan fingerprint density at radius 3 is 2.76 bits per heavy atom. The van der Waals surface area contributed by atoms with Gasteiger partial charge in [0.05, 0.1) is 5.39 Å². The number of fused-ring (bicyclic) bond motifs is 1. The number of anilines is 1. The lowest BCUT2D eigenvalue weighted by Crippen LogP contribution is -2.49. The monoisotopic (exact) mass is 327 g/mol. The first-order chi connectivity index (χ1) is 9.79. The van der Waals surface area contributed by atoms with Gasteiger partial charge in [0.15, 0.2) is 0 Å².